The van der Waals surface area contributed by atoms with Crippen molar-refractivity contribution in [3.05, 3.63) is 35.4 Å². The van der Waals surface area contributed by atoms with E-state index in [2.05, 4.69) is 35.9 Å². The van der Waals surface area contributed by atoms with Gasteiger partial charge in [0, 0.05) is 12.0 Å². The second kappa shape index (κ2) is 5.30. The molecule has 0 unspecified atom stereocenters. The Kier molecular flexibility index (Phi) is 3.61. The van der Waals surface area contributed by atoms with E-state index in [4.69, 9.17) is 8.83 Å². The zero-order chi connectivity index (χ0) is 15.0. The molecule has 0 aliphatic carbocycles. The van der Waals surface area contributed by atoms with Gasteiger partial charge in [0.05, 0.1) is 12.5 Å². The molecule has 1 atom stereocenters. The van der Waals surface area contributed by atoms with Crippen LogP contribution in [0, 0.1) is 6.92 Å². The first kappa shape index (κ1) is 14.3. The first-order valence-electron chi connectivity index (χ1n) is 7.53. The Morgan fingerprint density at radius 3 is 2.67 bits per heavy atom. The normalized spacial score (nSPS) is 20.3. The van der Waals surface area contributed by atoms with Crippen molar-refractivity contribution >= 4 is 0 Å². The summed E-state index contributed by atoms with van der Waals surface area (Å²) in [5, 5.41) is 8.43. The lowest BCUT2D eigenvalue weighted by Gasteiger charge is -2.13. The van der Waals surface area contributed by atoms with E-state index in [1.54, 1.807) is 0 Å². The molecule has 1 aliphatic rings. The molecule has 114 valence electrons. The molecule has 0 bridgehead atoms. The monoisotopic (exact) mass is 289 g/mol. The number of nitrogens with zero attached hydrogens (tertiary/aromatic N) is 3. The van der Waals surface area contributed by atoms with E-state index < -0.39 is 0 Å². The molecule has 1 saturated heterocycles. The van der Waals surface area contributed by atoms with Gasteiger partial charge >= 0.3 is 0 Å². The number of rotatable bonds is 3. The van der Waals surface area contributed by atoms with E-state index in [9.17, 15) is 0 Å². The number of aryl methyl sites for hydroxylation is 1. The van der Waals surface area contributed by atoms with Crippen molar-refractivity contribution in [2.75, 3.05) is 13.1 Å². The maximum Gasteiger partial charge on any atom is 0.221 e. The second-order valence-electron chi connectivity index (χ2n) is 6.93. The van der Waals surface area contributed by atoms with Gasteiger partial charge in [-0.25, -0.2) is 0 Å². The van der Waals surface area contributed by atoms with Crippen molar-refractivity contribution in [1.82, 2.24) is 15.1 Å². The van der Waals surface area contributed by atoms with Crippen LogP contribution in [0.4, 0.5) is 0 Å². The predicted octanol–water partition coefficient (Wildman–Crippen LogP) is 3.26. The lowest BCUT2D eigenvalue weighted by Crippen LogP contribution is -2.19. The summed E-state index contributed by atoms with van der Waals surface area (Å²) in [7, 11) is 0. The maximum atomic E-state index is 5.86. The molecular weight excluding hydrogens is 266 g/mol. The first-order chi connectivity index (χ1) is 9.91. The smallest absolute Gasteiger partial charge is 0.221 e. The average Bonchev–Trinajstić information content (AvgIpc) is 3.08. The quantitative estimate of drug-likeness (QED) is 0.868. The molecule has 1 fully saturated rings. The Morgan fingerprint density at radius 1 is 1.24 bits per heavy atom. The highest BCUT2D eigenvalue weighted by Gasteiger charge is 2.30. The van der Waals surface area contributed by atoms with Crippen LogP contribution in [0.15, 0.2) is 21.0 Å². The van der Waals surface area contributed by atoms with Crippen molar-refractivity contribution in [2.45, 2.75) is 52.0 Å². The molecule has 21 heavy (non-hydrogen) atoms. The predicted molar refractivity (Wildman–Crippen MR) is 79.1 cm³/mol. The Labute approximate surface area is 125 Å². The summed E-state index contributed by atoms with van der Waals surface area (Å²) in [6.07, 6.45) is 1.06. The van der Waals surface area contributed by atoms with Crippen LogP contribution in [0.2, 0.25) is 0 Å². The maximum absolute atomic E-state index is 5.86. The molecule has 0 saturated carbocycles. The van der Waals surface area contributed by atoms with Gasteiger partial charge in [0.1, 0.15) is 11.5 Å². The zero-order valence-corrected chi connectivity index (χ0v) is 13.2. The molecule has 0 amide bonds. The number of hydrogen-bond donors (Lipinski definition) is 0. The largest absolute Gasteiger partial charge is 0.465 e. The van der Waals surface area contributed by atoms with Gasteiger partial charge in [-0.2, -0.15) is 0 Å². The second-order valence-corrected chi connectivity index (χ2v) is 6.93. The molecule has 0 N–H and O–H groups in total. The Morgan fingerprint density at radius 2 is 2.05 bits per heavy atom. The van der Waals surface area contributed by atoms with Crippen molar-refractivity contribution in [3.8, 4) is 0 Å². The molecule has 2 aromatic heterocycles. The fourth-order valence-electron chi connectivity index (χ4n) is 2.67. The van der Waals surface area contributed by atoms with Crippen molar-refractivity contribution in [3.63, 3.8) is 0 Å². The van der Waals surface area contributed by atoms with Crippen molar-refractivity contribution < 1.29 is 8.83 Å². The van der Waals surface area contributed by atoms with Gasteiger partial charge < -0.3 is 8.83 Å². The topological polar surface area (TPSA) is 55.3 Å². The van der Waals surface area contributed by atoms with Crippen LogP contribution in [0.5, 0.6) is 0 Å². The van der Waals surface area contributed by atoms with Crippen LogP contribution in [-0.2, 0) is 12.0 Å². The highest BCUT2D eigenvalue weighted by molar-refractivity contribution is 5.07. The molecule has 0 aromatic carbocycles. The third-order valence-corrected chi connectivity index (χ3v) is 3.88. The minimum Gasteiger partial charge on any atom is -0.465 e. The summed E-state index contributed by atoms with van der Waals surface area (Å²) >= 11 is 0. The van der Waals surface area contributed by atoms with Gasteiger partial charge in [0.2, 0.25) is 11.8 Å². The molecule has 0 spiro atoms. The lowest BCUT2D eigenvalue weighted by atomic mass is 9.97. The fraction of sp³-hybridized carbons (Fsp3) is 0.625. The van der Waals surface area contributed by atoms with Gasteiger partial charge in [0.15, 0.2) is 0 Å². The third kappa shape index (κ3) is 3.18. The van der Waals surface area contributed by atoms with Crippen LogP contribution in [0.1, 0.15) is 56.4 Å². The molecule has 0 radical (unpaired) electrons. The third-order valence-electron chi connectivity index (χ3n) is 3.88. The van der Waals surface area contributed by atoms with Crippen LogP contribution < -0.4 is 0 Å². The minimum atomic E-state index is -0.0881. The fourth-order valence-corrected chi connectivity index (χ4v) is 2.67. The van der Waals surface area contributed by atoms with E-state index in [0.29, 0.717) is 5.92 Å². The van der Waals surface area contributed by atoms with E-state index >= 15 is 0 Å². The SMILES string of the molecule is Cc1ccc(CN2CC[C@H](c3nnc(C(C)(C)C)o3)C2)o1. The van der Waals surface area contributed by atoms with E-state index in [1.807, 2.05) is 19.1 Å². The number of hydrogen-bond acceptors (Lipinski definition) is 5. The summed E-state index contributed by atoms with van der Waals surface area (Å²) in [6.45, 7) is 11.1. The van der Waals surface area contributed by atoms with E-state index in [-0.39, 0.29) is 5.41 Å². The molecule has 5 nitrogen and oxygen atoms in total. The number of aromatic nitrogens is 2. The zero-order valence-electron chi connectivity index (χ0n) is 13.2. The van der Waals surface area contributed by atoms with Crippen molar-refractivity contribution in [2.24, 2.45) is 0 Å². The van der Waals surface area contributed by atoms with Crippen LogP contribution in [0.3, 0.4) is 0 Å². The summed E-state index contributed by atoms with van der Waals surface area (Å²) in [6, 6.07) is 4.06. The summed E-state index contributed by atoms with van der Waals surface area (Å²) < 4.78 is 11.5. The number of likely N-dealkylation sites (tertiary alicyclic amines) is 1. The van der Waals surface area contributed by atoms with Gasteiger partial charge in [-0.05, 0) is 32.0 Å². The molecule has 2 aromatic rings. The van der Waals surface area contributed by atoms with E-state index in [0.717, 1.165) is 49.4 Å². The number of furan rings is 1. The molecule has 5 heteroatoms. The highest BCUT2D eigenvalue weighted by atomic mass is 16.4. The standard InChI is InChI=1S/C16H23N3O2/c1-11-5-6-13(20-11)10-19-8-7-12(9-19)14-17-18-15(21-14)16(2,3)4/h5-6,12H,7-10H2,1-4H3/t12-/m0/s1. The summed E-state index contributed by atoms with van der Waals surface area (Å²) in [5.74, 6) is 3.82. The Bertz CT molecular complexity index is 609. The first-order valence-corrected chi connectivity index (χ1v) is 7.53. The van der Waals surface area contributed by atoms with Gasteiger partial charge in [-0.15, -0.1) is 10.2 Å². The van der Waals surface area contributed by atoms with E-state index in [1.165, 1.54) is 0 Å². The molecule has 3 heterocycles. The average molecular weight is 289 g/mol. The van der Waals surface area contributed by atoms with Crippen LogP contribution >= 0.6 is 0 Å². The Balaban J connectivity index is 1.63. The van der Waals surface area contributed by atoms with Gasteiger partial charge in [-0.3, -0.25) is 4.90 Å². The lowest BCUT2D eigenvalue weighted by molar-refractivity contribution is 0.284. The highest BCUT2D eigenvalue weighted by Crippen LogP contribution is 2.30. The van der Waals surface area contributed by atoms with Gasteiger partial charge in [0.25, 0.3) is 0 Å². The Hall–Kier alpha value is -1.62. The van der Waals surface area contributed by atoms with Crippen molar-refractivity contribution in [1.29, 1.82) is 0 Å². The molecular formula is C16H23N3O2. The van der Waals surface area contributed by atoms with Gasteiger partial charge in [-0.1, -0.05) is 20.8 Å². The van der Waals surface area contributed by atoms with Crippen LogP contribution in [0.25, 0.3) is 0 Å². The summed E-state index contributed by atoms with van der Waals surface area (Å²) in [5.41, 5.74) is -0.0881. The summed E-state index contributed by atoms with van der Waals surface area (Å²) in [4.78, 5) is 2.38. The van der Waals surface area contributed by atoms with Crippen LogP contribution in [-0.4, -0.2) is 28.2 Å². The molecule has 1 aliphatic heterocycles. The molecule has 3 rings (SSSR count). The minimum absolute atomic E-state index is 0.0881.